The predicted molar refractivity (Wildman–Crippen MR) is 80.9 cm³/mol. The van der Waals surface area contributed by atoms with Gasteiger partial charge in [-0.25, -0.2) is 4.79 Å². The van der Waals surface area contributed by atoms with E-state index in [9.17, 15) is 4.79 Å². The average Bonchev–Trinajstić information content (AvgIpc) is 2.98. The minimum absolute atomic E-state index is 0.177. The molecule has 0 saturated heterocycles. The van der Waals surface area contributed by atoms with Crippen LogP contribution in [-0.2, 0) is 9.53 Å². The Morgan fingerprint density at radius 2 is 2.14 bits per heavy atom. The van der Waals surface area contributed by atoms with E-state index in [0.717, 1.165) is 11.5 Å². The molecule has 0 fully saturated rings. The summed E-state index contributed by atoms with van der Waals surface area (Å²) in [6.45, 7) is 3.77. The van der Waals surface area contributed by atoms with Crippen molar-refractivity contribution in [2.24, 2.45) is 0 Å². The van der Waals surface area contributed by atoms with E-state index in [1.807, 2.05) is 26.0 Å². The fourth-order valence-corrected chi connectivity index (χ4v) is 2.22. The lowest BCUT2D eigenvalue weighted by molar-refractivity contribution is -0.143. The Balaban J connectivity index is 2.26. The summed E-state index contributed by atoms with van der Waals surface area (Å²) in [6, 6.07) is 11.9. The normalized spacial score (nSPS) is 13.2. The molecular formula is C17H18N2O3. The number of furan rings is 1. The molecule has 0 bridgehead atoms. The van der Waals surface area contributed by atoms with E-state index in [0.29, 0.717) is 11.1 Å². The van der Waals surface area contributed by atoms with Crippen molar-refractivity contribution in [3.63, 3.8) is 0 Å². The molecule has 114 valence electrons. The quantitative estimate of drug-likeness (QED) is 0.859. The minimum atomic E-state index is -0.668. The SMILES string of the molecule is COC(=O)C(NC(C)c1ccc(C)o1)c1cccc(C#N)c1. The van der Waals surface area contributed by atoms with Crippen molar-refractivity contribution in [1.82, 2.24) is 5.32 Å². The number of carbonyl (C=O) groups is 1. The number of benzene rings is 1. The van der Waals surface area contributed by atoms with Crippen LogP contribution in [0.5, 0.6) is 0 Å². The van der Waals surface area contributed by atoms with Gasteiger partial charge < -0.3 is 9.15 Å². The molecule has 22 heavy (non-hydrogen) atoms. The fraction of sp³-hybridized carbons (Fsp3) is 0.294. The molecule has 0 spiro atoms. The molecule has 2 unspecified atom stereocenters. The Kier molecular flexibility index (Phi) is 4.97. The summed E-state index contributed by atoms with van der Waals surface area (Å²) < 4.78 is 10.4. The number of nitrogens with one attached hydrogen (secondary N) is 1. The molecule has 1 aromatic carbocycles. The molecule has 0 aliphatic carbocycles. The van der Waals surface area contributed by atoms with Crippen LogP contribution in [0.3, 0.4) is 0 Å². The number of ether oxygens (including phenoxy) is 1. The molecule has 0 aliphatic rings. The van der Waals surface area contributed by atoms with E-state index in [1.165, 1.54) is 7.11 Å². The second kappa shape index (κ2) is 6.92. The number of nitriles is 1. The van der Waals surface area contributed by atoms with Gasteiger partial charge in [0, 0.05) is 0 Å². The Labute approximate surface area is 129 Å². The van der Waals surface area contributed by atoms with E-state index < -0.39 is 12.0 Å². The van der Waals surface area contributed by atoms with Crippen LogP contribution < -0.4 is 5.32 Å². The highest BCUT2D eigenvalue weighted by Gasteiger charge is 2.25. The maximum absolute atomic E-state index is 12.1. The van der Waals surface area contributed by atoms with Crippen LogP contribution in [0.2, 0.25) is 0 Å². The van der Waals surface area contributed by atoms with Gasteiger partial charge in [-0.05, 0) is 43.7 Å². The molecule has 0 aliphatic heterocycles. The van der Waals surface area contributed by atoms with Gasteiger partial charge in [-0.1, -0.05) is 12.1 Å². The number of nitrogens with zero attached hydrogens (tertiary/aromatic N) is 1. The topological polar surface area (TPSA) is 75.3 Å². The van der Waals surface area contributed by atoms with Gasteiger partial charge in [-0.15, -0.1) is 0 Å². The molecule has 0 amide bonds. The van der Waals surface area contributed by atoms with Gasteiger partial charge >= 0.3 is 5.97 Å². The van der Waals surface area contributed by atoms with Crippen molar-refractivity contribution in [1.29, 1.82) is 5.26 Å². The molecule has 2 rings (SSSR count). The maximum Gasteiger partial charge on any atom is 0.327 e. The molecule has 0 saturated carbocycles. The average molecular weight is 298 g/mol. The lowest BCUT2D eigenvalue weighted by atomic mass is 10.0. The van der Waals surface area contributed by atoms with Crippen molar-refractivity contribution in [3.05, 3.63) is 59.0 Å². The molecule has 1 heterocycles. The molecule has 1 aromatic heterocycles. The van der Waals surface area contributed by atoms with E-state index in [4.69, 9.17) is 14.4 Å². The second-order valence-electron chi connectivity index (χ2n) is 5.03. The van der Waals surface area contributed by atoms with Gasteiger partial charge in [0.15, 0.2) is 0 Å². The highest BCUT2D eigenvalue weighted by Crippen LogP contribution is 2.23. The number of hydrogen-bond acceptors (Lipinski definition) is 5. The van der Waals surface area contributed by atoms with E-state index >= 15 is 0 Å². The van der Waals surface area contributed by atoms with Crippen LogP contribution in [0.25, 0.3) is 0 Å². The van der Waals surface area contributed by atoms with Crippen molar-refractivity contribution in [2.45, 2.75) is 25.9 Å². The third-order valence-corrected chi connectivity index (χ3v) is 3.39. The highest BCUT2D eigenvalue weighted by atomic mass is 16.5. The first kappa shape index (κ1) is 15.8. The molecule has 5 nitrogen and oxygen atoms in total. The van der Waals surface area contributed by atoms with E-state index in [-0.39, 0.29) is 6.04 Å². The predicted octanol–water partition coefficient (Wildman–Crippen LogP) is 3.02. The molecular weight excluding hydrogens is 280 g/mol. The van der Waals surface area contributed by atoms with Crippen molar-refractivity contribution in [3.8, 4) is 6.07 Å². The molecule has 0 radical (unpaired) electrons. The Morgan fingerprint density at radius 3 is 2.73 bits per heavy atom. The Morgan fingerprint density at radius 1 is 1.36 bits per heavy atom. The lowest BCUT2D eigenvalue weighted by Crippen LogP contribution is -2.31. The molecule has 5 heteroatoms. The summed E-state index contributed by atoms with van der Waals surface area (Å²) in [5.41, 5.74) is 1.18. The number of hydrogen-bond donors (Lipinski definition) is 1. The zero-order valence-corrected chi connectivity index (χ0v) is 12.8. The molecule has 2 aromatic rings. The standard InChI is InChI=1S/C17H18N2O3/c1-11-7-8-15(22-11)12(2)19-16(17(20)21-3)14-6-4-5-13(9-14)10-18/h4-9,12,16,19H,1-3H3. The smallest absolute Gasteiger partial charge is 0.327 e. The third-order valence-electron chi connectivity index (χ3n) is 3.39. The number of methoxy groups -OCH3 is 1. The Bertz CT molecular complexity index is 700. The zero-order valence-electron chi connectivity index (χ0n) is 12.8. The van der Waals surface area contributed by atoms with Gasteiger partial charge in [0.1, 0.15) is 17.6 Å². The van der Waals surface area contributed by atoms with E-state index in [1.54, 1.807) is 24.3 Å². The minimum Gasteiger partial charge on any atom is -0.468 e. The molecule has 2 atom stereocenters. The first-order valence-electron chi connectivity index (χ1n) is 6.95. The summed E-state index contributed by atoms with van der Waals surface area (Å²) in [6.07, 6.45) is 0. The van der Waals surface area contributed by atoms with Crippen molar-refractivity contribution < 1.29 is 13.9 Å². The summed E-state index contributed by atoms with van der Waals surface area (Å²) >= 11 is 0. The Hall–Kier alpha value is -2.58. The summed E-state index contributed by atoms with van der Waals surface area (Å²) in [7, 11) is 1.34. The number of aryl methyl sites for hydroxylation is 1. The van der Waals surface area contributed by atoms with Crippen molar-refractivity contribution in [2.75, 3.05) is 7.11 Å². The fourth-order valence-electron chi connectivity index (χ4n) is 2.22. The largest absolute Gasteiger partial charge is 0.468 e. The van der Waals surface area contributed by atoms with E-state index in [2.05, 4.69) is 11.4 Å². The first-order chi connectivity index (χ1) is 10.5. The van der Waals surface area contributed by atoms with Gasteiger partial charge in [0.25, 0.3) is 0 Å². The summed E-state index contributed by atoms with van der Waals surface area (Å²) in [4.78, 5) is 12.1. The lowest BCUT2D eigenvalue weighted by Gasteiger charge is -2.20. The highest BCUT2D eigenvalue weighted by molar-refractivity contribution is 5.77. The van der Waals surface area contributed by atoms with Crippen LogP contribution >= 0.6 is 0 Å². The summed E-state index contributed by atoms with van der Waals surface area (Å²) in [5.74, 6) is 1.14. The zero-order chi connectivity index (χ0) is 16.1. The van der Waals surface area contributed by atoms with Crippen LogP contribution in [-0.4, -0.2) is 13.1 Å². The summed E-state index contributed by atoms with van der Waals surface area (Å²) in [5, 5.41) is 12.2. The van der Waals surface area contributed by atoms with Crippen LogP contribution in [0, 0.1) is 18.3 Å². The van der Waals surface area contributed by atoms with Gasteiger partial charge in [-0.2, -0.15) is 5.26 Å². The van der Waals surface area contributed by atoms with Gasteiger partial charge in [-0.3, -0.25) is 5.32 Å². The maximum atomic E-state index is 12.1. The van der Waals surface area contributed by atoms with Crippen LogP contribution in [0.1, 0.15) is 41.7 Å². The van der Waals surface area contributed by atoms with Gasteiger partial charge in [0.2, 0.25) is 0 Å². The van der Waals surface area contributed by atoms with Crippen LogP contribution in [0.4, 0.5) is 0 Å². The number of rotatable bonds is 5. The third kappa shape index (κ3) is 3.54. The van der Waals surface area contributed by atoms with Gasteiger partial charge in [0.05, 0.1) is 24.8 Å². The monoisotopic (exact) mass is 298 g/mol. The van der Waals surface area contributed by atoms with Crippen LogP contribution in [0.15, 0.2) is 40.8 Å². The second-order valence-corrected chi connectivity index (χ2v) is 5.03. The first-order valence-corrected chi connectivity index (χ1v) is 6.95. The molecule has 1 N–H and O–H groups in total. The van der Waals surface area contributed by atoms with Crippen molar-refractivity contribution >= 4 is 5.97 Å². The number of esters is 1. The number of carbonyl (C=O) groups excluding carboxylic acids is 1.